The number of ether oxygens (including phenoxy) is 1. The van der Waals surface area contributed by atoms with Crippen LogP contribution in [0.3, 0.4) is 0 Å². The average molecular weight is 277 g/mol. The van der Waals surface area contributed by atoms with Gasteiger partial charge in [-0.3, -0.25) is 4.79 Å². The van der Waals surface area contributed by atoms with E-state index in [9.17, 15) is 9.59 Å². The number of carboxylic acids is 1. The Bertz CT molecular complexity index is 496. The van der Waals surface area contributed by atoms with Crippen LogP contribution in [0.2, 0.25) is 0 Å². The van der Waals surface area contributed by atoms with Crippen molar-refractivity contribution >= 4 is 11.9 Å². The molecule has 0 aromatic heterocycles. The maximum atomic E-state index is 11.7. The van der Waals surface area contributed by atoms with Crippen molar-refractivity contribution in [3.8, 4) is 5.75 Å². The number of aliphatic carboxylic acids is 1. The van der Waals surface area contributed by atoms with E-state index in [4.69, 9.17) is 9.84 Å². The van der Waals surface area contributed by atoms with Gasteiger partial charge in [0.05, 0.1) is 13.0 Å². The van der Waals surface area contributed by atoms with Crippen molar-refractivity contribution in [3.05, 3.63) is 29.8 Å². The summed E-state index contributed by atoms with van der Waals surface area (Å²) in [5.74, 6) is -0.429. The molecule has 1 aromatic carbocycles. The fraction of sp³-hybridized carbons (Fsp3) is 0.467. The van der Waals surface area contributed by atoms with Gasteiger partial charge in [0.15, 0.2) is 0 Å². The molecule has 0 aliphatic heterocycles. The predicted octanol–water partition coefficient (Wildman–Crippen LogP) is 1.74. The van der Waals surface area contributed by atoms with Crippen molar-refractivity contribution in [1.82, 2.24) is 5.32 Å². The number of aryl methyl sites for hydroxylation is 1. The quantitative estimate of drug-likeness (QED) is 0.796. The largest absolute Gasteiger partial charge is 0.493 e. The lowest BCUT2D eigenvalue weighted by Crippen LogP contribution is -2.42. The Morgan fingerprint density at radius 1 is 1.45 bits per heavy atom. The fourth-order valence-corrected chi connectivity index (χ4v) is 2.02. The summed E-state index contributed by atoms with van der Waals surface area (Å²) in [7, 11) is 0. The maximum absolute atomic E-state index is 11.7. The molecule has 1 saturated carbocycles. The smallest absolute Gasteiger partial charge is 0.326 e. The molecule has 1 atom stereocenters. The molecular formula is C15H19NO4. The number of nitrogens with one attached hydrogen (secondary N) is 1. The van der Waals surface area contributed by atoms with Gasteiger partial charge in [-0.15, -0.1) is 0 Å². The number of hydrogen-bond donors (Lipinski definition) is 2. The van der Waals surface area contributed by atoms with E-state index >= 15 is 0 Å². The number of rotatable bonds is 7. The number of carbonyl (C=O) groups is 2. The van der Waals surface area contributed by atoms with Gasteiger partial charge in [-0.2, -0.15) is 0 Å². The Labute approximate surface area is 117 Å². The van der Waals surface area contributed by atoms with Gasteiger partial charge >= 0.3 is 5.97 Å². The number of benzene rings is 1. The molecule has 1 aliphatic rings. The molecule has 0 heterocycles. The van der Waals surface area contributed by atoms with E-state index in [0.717, 1.165) is 24.2 Å². The minimum atomic E-state index is -0.958. The molecule has 1 unspecified atom stereocenters. The molecule has 20 heavy (non-hydrogen) atoms. The van der Waals surface area contributed by atoms with Gasteiger partial charge < -0.3 is 15.2 Å². The van der Waals surface area contributed by atoms with Crippen molar-refractivity contribution in [1.29, 1.82) is 0 Å². The standard InChI is InChI=1S/C15H19NO4/c1-10-3-2-4-12(9-10)20-8-7-13(17)16-14(15(18)19)11-5-6-11/h2-4,9,11,14H,5-8H2,1H3,(H,16,17)(H,18,19). The second kappa shape index (κ2) is 6.41. The molecule has 5 heteroatoms. The second-order valence-corrected chi connectivity index (χ2v) is 5.14. The van der Waals surface area contributed by atoms with Gasteiger partial charge in [-0.25, -0.2) is 4.79 Å². The zero-order valence-corrected chi connectivity index (χ0v) is 11.5. The Balaban J connectivity index is 1.73. The first kappa shape index (κ1) is 14.4. The van der Waals surface area contributed by atoms with Gasteiger partial charge in [0.25, 0.3) is 0 Å². The normalized spacial score (nSPS) is 15.4. The highest BCUT2D eigenvalue weighted by Gasteiger charge is 2.37. The summed E-state index contributed by atoms with van der Waals surface area (Å²) >= 11 is 0. The van der Waals surface area contributed by atoms with E-state index in [0.29, 0.717) is 0 Å². The molecule has 1 aromatic rings. The topological polar surface area (TPSA) is 75.6 Å². The van der Waals surface area contributed by atoms with Crippen molar-refractivity contribution in [2.24, 2.45) is 5.92 Å². The Morgan fingerprint density at radius 3 is 2.80 bits per heavy atom. The molecule has 108 valence electrons. The zero-order chi connectivity index (χ0) is 14.5. The number of hydrogen-bond acceptors (Lipinski definition) is 3. The third-order valence-electron chi connectivity index (χ3n) is 3.26. The van der Waals surface area contributed by atoms with Crippen LogP contribution in [0.1, 0.15) is 24.8 Å². The van der Waals surface area contributed by atoms with Crippen LogP contribution in [-0.4, -0.2) is 29.6 Å². The minimum Gasteiger partial charge on any atom is -0.493 e. The first-order chi connectivity index (χ1) is 9.56. The number of carbonyl (C=O) groups excluding carboxylic acids is 1. The van der Waals surface area contributed by atoms with Crippen molar-refractivity contribution in [2.75, 3.05) is 6.61 Å². The highest BCUT2D eigenvalue weighted by molar-refractivity contribution is 5.84. The summed E-state index contributed by atoms with van der Waals surface area (Å²) in [4.78, 5) is 22.7. The SMILES string of the molecule is Cc1cccc(OCCC(=O)NC(C(=O)O)C2CC2)c1. The van der Waals surface area contributed by atoms with Crippen LogP contribution >= 0.6 is 0 Å². The average Bonchev–Trinajstić information content (AvgIpc) is 3.20. The molecule has 2 rings (SSSR count). The molecule has 0 radical (unpaired) electrons. The summed E-state index contributed by atoms with van der Waals surface area (Å²) in [6.07, 6.45) is 1.90. The molecule has 0 spiro atoms. The monoisotopic (exact) mass is 277 g/mol. The maximum Gasteiger partial charge on any atom is 0.326 e. The molecule has 1 amide bonds. The van der Waals surface area contributed by atoms with E-state index < -0.39 is 12.0 Å². The third-order valence-corrected chi connectivity index (χ3v) is 3.26. The van der Waals surface area contributed by atoms with E-state index in [1.54, 1.807) is 0 Å². The van der Waals surface area contributed by atoms with Crippen LogP contribution in [-0.2, 0) is 9.59 Å². The number of amides is 1. The Morgan fingerprint density at radius 2 is 2.20 bits per heavy atom. The van der Waals surface area contributed by atoms with Crippen LogP contribution < -0.4 is 10.1 Å². The lowest BCUT2D eigenvalue weighted by Gasteiger charge is -2.13. The lowest BCUT2D eigenvalue weighted by molar-refractivity contribution is -0.142. The summed E-state index contributed by atoms with van der Waals surface area (Å²) in [5, 5.41) is 11.6. The molecule has 0 saturated heterocycles. The molecule has 5 nitrogen and oxygen atoms in total. The summed E-state index contributed by atoms with van der Waals surface area (Å²) in [6, 6.07) is 6.82. The Kier molecular flexibility index (Phi) is 4.61. The highest BCUT2D eigenvalue weighted by atomic mass is 16.5. The van der Waals surface area contributed by atoms with Crippen LogP contribution in [0.15, 0.2) is 24.3 Å². The van der Waals surface area contributed by atoms with Crippen molar-refractivity contribution in [3.63, 3.8) is 0 Å². The fourth-order valence-electron chi connectivity index (χ4n) is 2.02. The summed E-state index contributed by atoms with van der Waals surface area (Å²) < 4.78 is 5.47. The number of carboxylic acid groups (broad SMARTS) is 1. The van der Waals surface area contributed by atoms with Crippen molar-refractivity contribution < 1.29 is 19.4 Å². The Hall–Kier alpha value is -2.04. The van der Waals surface area contributed by atoms with Crippen LogP contribution in [0.25, 0.3) is 0 Å². The molecular weight excluding hydrogens is 258 g/mol. The van der Waals surface area contributed by atoms with Gasteiger partial charge in [0.2, 0.25) is 5.91 Å². The highest BCUT2D eigenvalue weighted by Crippen LogP contribution is 2.32. The van der Waals surface area contributed by atoms with Crippen LogP contribution in [0, 0.1) is 12.8 Å². The molecule has 0 bridgehead atoms. The van der Waals surface area contributed by atoms with E-state index in [2.05, 4.69) is 5.32 Å². The first-order valence-electron chi connectivity index (χ1n) is 6.78. The third kappa shape index (κ3) is 4.26. The van der Waals surface area contributed by atoms with Gasteiger partial charge in [-0.05, 0) is 43.4 Å². The summed E-state index contributed by atoms with van der Waals surface area (Å²) in [5.41, 5.74) is 1.09. The molecule has 2 N–H and O–H groups in total. The van der Waals surface area contributed by atoms with E-state index in [1.165, 1.54) is 0 Å². The minimum absolute atomic E-state index is 0.0918. The van der Waals surface area contributed by atoms with Crippen LogP contribution in [0.5, 0.6) is 5.75 Å². The lowest BCUT2D eigenvalue weighted by atomic mass is 10.2. The first-order valence-corrected chi connectivity index (χ1v) is 6.78. The summed E-state index contributed by atoms with van der Waals surface area (Å²) in [6.45, 7) is 2.21. The molecule has 1 aliphatic carbocycles. The van der Waals surface area contributed by atoms with Gasteiger partial charge in [-0.1, -0.05) is 12.1 Å². The van der Waals surface area contributed by atoms with Gasteiger partial charge in [0.1, 0.15) is 11.8 Å². The van der Waals surface area contributed by atoms with Crippen molar-refractivity contribution in [2.45, 2.75) is 32.2 Å². The van der Waals surface area contributed by atoms with E-state index in [1.807, 2.05) is 31.2 Å². The zero-order valence-electron chi connectivity index (χ0n) is 11.5. The van der Waals surface area contributed by atoms with Crippen LogP contribution in [0.4, 0.5) is 0 Å². The molecule has 1 fully saturated rings. The second-order valence-electron chi connectivity index (χ2n) is 5.14. The van der Waals surface area contributed by atoms with E-state index in [-0.39, 0.29) is 24.9 Å². The van der Waals surface area contributed by atoms with Gasteiger partial charge in [0, 0.05) is 0 Å². The predicted molar refractivity (Wildman–Crippen MR) is 73.6 cm³/mol.